The first-order chi connectivity index (χ1) is 16.3. The maximum absolute atomic E-state index is 14.0. The molecular weight excluding hydrogens is 465 g/mol. The topological polar surface area (TPSA) is 87.5 Å². The average molecular weight is 514 g/mol. The Balaban J connectivity index is 0.00000562. The van der Waals surface area contributed by atoms with Crippen molar-refractivity contribution in [1.29, 1.82) is 0 Å². The van der Waals surface area contributed by atoms with Crippen LogP contribution in [0.4, 0.5) is 4.39 Å². The Morgan fingerprint density at radius 1 is 1.11 bits per heavy atom. The molecule has 0 saturated heterocycles. The second kappa shape index (κ2) is 17.0. The van der Waals surface area contributed by atoms with Crippen LogP contribution in [0, 0.1) is 30.1 Å². The minimum absolute atomic E-state index is 0.0839. The molecule has 5 nitrogen and oxygen atoms in total. The zero-order valence-electron chi connectivity index (χ0n) is 23.1. The third-order valence-corrected chi connectivity index (χ3v) is 7.28. The Bertz CT molecular complexity index is 790. The highest BCUT2D eigenvalue weighted by atomic mass is 32.1. The Morgan fingerprint density at radius 2 is 1.69 bits per heavy atom. The number of carbonyl (C=O) groups is 2. The molecular formula is C28H48FNO4S. The first kappa shape index (κ1) is 33.4. The number of allylic oxidation sites excluding steroid dienone is 1. The van der Waals surface area contributed by atoms with Crippen LogP contribution in [0.2, 0.25) is 0 Å². The van der Waals surface area contributed by atoms with Gasteiger partial charge in [0.1, 0.15) is 11.6 Å². The normalized spacial score (nSPS) is 15.5. The van der Waals surface area contributed by atoms with Crippen molar-refractivity contribution in [2.75, 3.05) is 0 Å². The number of thiazole rings is 1. The fourth-order valence-electron chi connectivity index (χ4n) is 4.31. The van der Waals surface area contributed by atoms with Crippen molar-refractivity contribution in [2.24, 2.45) is 23.2 Å². The first-order valence-corrected chi connectivity index (χ1v) is 13.9. The molecule has 35 heavy (non-hydrogen) atoms. The molecule has 0 spiro atoms. The lowest BCUT2D eigenvalue weighted by Gasteiger charge is -2.31. The van der Waals surface area contributed by atoms with Gasteiger partial charge in [0.05, 0.1) is 28.6 Å². The molecule has 1 heterocycles. The molecule has 4 unspecified atom stereocenters. The highest BCUT2D eigenvalue weighted by Crippen LogP contribution is 2.31. The van der Waals surface area contributed by atoms with Gasteiger partial charge in [0.15, 0.2) is 0 Å². The van der Waals surface area contributed by atoms with Crippen LogP contribution >= 0.6 is 11.3 Å². The van der Waals surface area contributed by atoms with Gasteiger partial charge in [-0.15, -0.1) is 11.3 Å². The van der Waals surface area contributed by atoms with Crippen molar-refractivity contribution in [3.63, 3.8) is 0 Å². The lowest BCUT2D eigenvalue weighted by atomic mass is 9.74. The zero-order valence-corrected chi connectivity index (χ0v) is 23.9. The number of aliphatic hydroxyl groups excluding tert-OH is 1. The monoisotopic (exact) mass is 513 g/mol. The van der Waals surface area contributed by atoms with E-state index in [9.17, 15) is 19.1 Å². The van der Waals surface area contributed by atoms with Gasteiger partial charge in [0, 0.05) is 11.3 Å². The van der Waals surface area contributed by atoms with Crippen molar-refractivity contribution in [1.82, 2.24) is 4.98 Å². The van der Waals surface area contributed by atoms with Crippen LogP contribution in [-0.4, -0.2) is 33.1 Å². The van der Waals surface area contributed by atoms with E-state index in [2.05, 4.69) is 18.8 Å². The third-order valence-electron chi connectivity index (χ3n) is 6.49. The van der Waals surface area contributed by atoms with Gasteiger partial charge in [-0.25, -0.2) is 9.37 Å². The van der Waals surface area contributed by atoms with Crippen LogP contribution in [-0.2, 0) is 9.59 Å². The summed E-state index contributed by atoms with van der Waals surface area (Å²) in [6, 6.07) is 0. The Morgan fingerprint density at radius 3 is 2.23 bits per heavy atom. The minimum atomic E-state index is -1.19. The predicted octanol–water partition coefficient (Wildman–Crippen LogP) is 7.86. The zero-order chi connectivity index (χ0) is 27.2. The van der Waals surface area contributed by atoms with Gasteiger partial charge in [-0.3, -0.25) is 9.59 Å². The molecule has 0 aliphatic carbocycles. The summed E-state index contributed by atoms with van der Waals surface area (Å²) < 4.78 is 14.0. The fraction of sp³-hybridized carbons (Fsp3) is 0.750. The van der Waals surface area contributed by atoms with Crippen molar-refractivity contribution >= 4 is 29.2 Å². The SMILES string of the molecule is CC.Cc1nc(/C=C(\F)CCCC(C)CCCC(C)CC(C)C(=O)C(C)(C)C(O)CC(=O)O)cs1. The van der Waals surface area contributed by atoms with Gasteiger partial charge in [-0.05, 0) is 44.1 Å². The minimum Gasteiger partial charge on any atom is -0.481 e. The van der Waals surface area contributed by atoms with Crippen molar-refractivity contribution in [3.05, 3.63) is 21.9 Å². The second-order valence-corrected chi connectivity index (χ2v) is 11.3. The van der Waals surface area contributed by atoms with Crippen molar-refractivity contribution in [2.45, 2.75) is 113 Å². The van der Waals surface area contributed by atoms with E-state index in [1.807, 2.05) is 33.1 Å². The molecule has 0 amide bonds. The Hall–Kier alpha value is -1.60. The Kier molecular flexibility index (Phi) is 16.2. The molecule has 4 atom stereocenters. The number of carbonyl (C=O) groups excluding carboxylic acids is 1. The van der Waals surface area contributed by atoms with E-state index in [0.717, 1.165) is 43.5 Å². The lowest BCUT2D eigenvalue weighted by molar-refractivity contribution is -0.145. The molecule has 1 rings (SSSR count). The van der Waals surface area contributed by atoms with E-state index >= 15 is 0 Å². The van der Waals surface area contributed by atoms with Crippen LogP contribution in [0.3, 0.4) is 0 Å². The van der Waals surface area contributed by atoms with E-state index in [0.29, 0.717) is 24.0 Å². The number of halogens is 1. The molecule has 0 aromatic carbocycles. The second-order valence-electron chi connectivity index (χ2n) is 10.3. The van der Waals surface area contributed by atoms with E-state index in [1.54, 1.807) is 13.8 Å². The number of rotatable bonds is 16. The maximum Gasteiger partial charge on any atom is 0.306 e. The summed E-state index contributed by atoms with van der Waals surface area (Å²) in [5, 5.41) is 21.9. The molecule has 0 bridgehead atoms. The highest BCUT2D eigenvalue weighted by molar-refractivity contribution is 7.09. The standard InChI is InChI=1S/C26H42FNO4S.C2H6/c1-17(10-8-12-21(27)14-22-16-33-20(4)28-22)9-7-11-18(2)13-19(3)25(32)26(5,6)23(29)15-24(30)31;1-2/h14,16-19,23,29H,7-13,15H2,1-6H3,(H,30,31);1-2H3/b21-14-;. The molecule has 1 aromatic heterocycles. The van der Waals surface area contributed by atoms with Gasteiger partial charge < -0.3 is 10.2 Å². The summed E-state index contributed by atoms with van der Waals surface area (Å²) in [5.74, 6) is -0.643. The number of ketones is 1. The van der Waals surface area contributed by atoms with Crippen LogP contribution < -0.4 is 0 Å². The first-order valence-electron chi connectivity index (χ1n) is 13.0. The van der Waals surface area contributed by atoms with E-state index in [1.165, 1.54) is 17.4 Å². The molecule has 0 aliphatic heterocycles. The van der Waals surface area contributed by atoms with Gasteiger partial charge >= 0.3 is 5.97 Å². The van der Waals surface area contributed by atoms with Gasteiger partial charge in [0.2, 0.25) is 0 Å². The van der Waals surface area contributed by atoms with Crippen LogP contribution in [0.5, 0.6) is 0 Å². The number of aromatic nitrogens is 1. The molecule has 202 valence electrons. The number of aliphatic hydroxyl groups is 1. The molecule has 7 heteroatoms. The summed E-state index contributed by atoms with van der Waals surface area (Å²) in [7, 11) is 0. The highest BCUT2D eigenvalue weighted by Gasteiger charge is 2.39. The molecule has 0 radical (unpaired) electrons. The number of Topliss-reactive ketones (excluding diaryl/α,β-unsaturated/α-hetero) is 1. The van der Waals surface area contributed by atoms with E-state index in [-0.39, 0.29) is 17.5 Å². The average Bonchev–Trinajstić information content (AvgIpc) is 3.18. The number of hydrogen-bond donors (Lipinski definition) is 2. The number of nitrogens with zero attached hydrogens (tertiary/aromatic N) is 1. The number of aliphatic carboxylic acids is 1. The van der Waals surface area contributed by atoms with E-state index in [4.69, 9.17) is 5.11 Å². The van der Waals surface area contributed by atoms with Crippen LogP contribution in [0.1, 0.15) is 111 Å². The maximum atomic E-state index is 14.0. The summed E-state index contributed by atoms with van der Waals surface area (Å²) in [5.41, 5.74) is -0.377. The molecule has 2 N–H and O–H groups in total. The molecule has 0 fully saturated rings. The molecule has 0 aliphatic rings. The Labute approximate surface area is 216 Å². The quantitative estimate of drug-likeness (QED) is 0.235. The number of aryl methyl sites for hydroxylation is 1. The summed E-state index contributed by atoms with van der Waals surface area (Å²) in [6.07, 6.45) is 6.03. The third kappa shape index (κ3) is 13.3. The predicted molar refractivity (Wildman–Crippen MR) is 144 cm³/mol. The van der Waals surface area contributed by atoms with Crippen LogP contribution in [0.25, 0.3) is 6.08 Å². The number of hydrogen-bond acceptors (Lipinski definition) is 5. The largest absolute Gasteiger partial charge is 0.481 e. The summed E-state index contributed by atoms with van der Waals surface area (Å²) in [6.45, 7) is 15.4. The summed E-state index contributed by atoms with van der Waals surface area (Å²) in [4.78, 5) is 27.9. The van der Waals surface area contributed by atoms with E-state index < -0.39 is 23.9 Å². The van der Waals surface area contributed by atoms with Gasteiger partial charge in [-0.2, -0.15) is 0 Å². The lowest BCUT2D eigenvalue weighted by Crippen LogP contribution is -2.41. The van der Waals surface area contributed by atoms with Crippen LogP contribution in [0.15, 0.2) is 11.2 Å². The number of carboxylic acid groups (broad SMARTS) is 1. The summed E-state index contributed by atoms with van der Waals surface area (Å²) >= 11 is 1.52. The molecule has 0 saturated carbocycles. The number of carboxylic acids is 1. The molecule has 1 aromatic rings. The van der Waals surface area contributed by atoms with Crippen molar-refractivity contribution in [3.8, 4) is 0 Å². The van der Waals surface area contributed by atoms with Crippen molar-refractivity contribution < 1.29 is 24.2 Å². The van der Waals surface area contributed by atoms with Gasteiger partial charge in [0.25, 0.3) is 0 Å². The van der Waals surface area contributed by atoms with Gasteiger partial charge in [-0.1, -0.05) is 74.1 Å². The fourth-order valence-corrected chi connectivity index (χ4v) is 4.88. The smallest absolute Gasteiger partial charge is 0.306 e.